The van der Waals surface area contributed by atoms with Crippen molar-refractivity contribution in [3.8, 4) is 0 Å². The molecule has 0 saturated carbocycles. The van der Waals surface area contributed by atoms with Gasteiger partial charge in [-0.1, -0.05) is 0 Å². The lowest BCUT2D eigenvalue weighted by Crippen LogP contribution is -1.66. The molecular weight excluding hydrogens is 186 g/mol. The Labute approximate surface area is 78.5 Å². The minimum atomic E-state index is 1.06. The van der Waals surface area contributed by atoms with Crippen LogP contribution < -0.4 is 0 Å². The van der Waals surface area contributed by atoms with E-state index in [4.69, 9.17) is 0 Å². The van der Waals surface area contributed by atoms with Crippen molar-refractivity contribution >= 4 is 16.3 Å². The molecule has 0 fully saturated rings. The molecule has 0 N–H and O–H groups in total. The van der Waals surface area contributed by atoms with Crippen molar-refractivity contribution in [1.82, 2.24) is 14.4 Å². The normalized spacial score (nSPS) is 9.54. The first-order chi connectivity index (χ1) is 6.47. The van der Waals surface area contributed by atoms with Crippen LogP contribution in [-0.2, 0) is 0 Å². The van der Waals surface area contributed by atoms with Crippen LogP contribution in [0.4, 0.5) is 0 Å². The Morgan fingerprint density at radius 1 is 1.31 bits per heavy atom. The number of imidazole rings is 1. The van der Waals surface area contributed by atoms with Gasteiger partial charge in [0.05, 0.1) is 6.20 Å². The van der Waals surface area contributed by atoms with Gasteiger partial charge in [0.2, 0.25) is 0 Å². The second-order valence-corrected chi connectivity index (χ2v) is 3.07. The Balaban J connectivity index is 0.000000113. The van der Waals surface area contributed by atoms with Crippen LogP contribution in [-0.4, -0.2) is 14.4 Å². The number of aromatic nitrogens is 3. The summed E-state index contributed by atoms with van der Waals surface area (Å²) in [5.74, 6) is 0. The lowest BCUT2D eigenvalue weighted by Gasteiger charge is -1.71. The zero-order valence-electron chi connectivity index (χ0n) is 6.70. The van der Waals surface area contributed by atoms with Gasteiger partial charge in [0, 0.05) is 24.0 Å². The monoisotopic (exact) mass is 193 g/mol. The van der Waals surface area contributed by atoms with Crippen molar-refractivity contribution in [3.05, 3.63) is 42.8 Å². The Morgan fingerprint density at radius 3 is 2.92 bits per heavy atom. The van der Waals surface area contributed by atoms with Crippen molar-refractivity contribution in [1.29, 1.82) is 0 Å². The largest absolute Gasteiger partial charge is 0.452 e. The van der Waals surface area contributed by atoms with E-state index in [1.165, 1.54) is 12.7 Å². The van der Waals surface area contributed by atoms with Crippen molar-refractivity contribution < 1.29 is 4.42 Å². The zero-order chi connectivity index (χ0) is 8.93. The van der Waals surface area contributed by atoms with E-state index >= 15 is 0 Å². The molecule has 13 heavy (non-hydrogen) atoms. The quantitative estimate of drug-likeness (QED) is 0.549. The molecule has 0 unspecified atom stereocenters. The summed E-state index contributed by atoms with van der Waals surface area (Å²) in [5, 5.41) is 2.02. The van der Waals surface area contributed by atoms with Gasteiger partial charge in [-0.2, -0.15) is 0 Å². The van der Waals surface area contributed by atoms with E-state index in [1.807, 2.05) is 22.2 Å². The third-order valence-electron chi connectivity index (χ3n) is 1.38. The van der Waals surface area contributed by atoms with E-state index in [1.54, 1.807) is 23.7 Å². The average molecular weight is 193 g/mol. The van der Waals surface area contributed by atoms with E-state index in [0.29, 0.717) is 0 Å². The molecule has 0 aromatic carbocycles. The molecule has 0 amide bonds. The van der Waals surface area contributed by atoms with Gasteiger partial charge >= 0.3 is 0 Å². The number of thiazole rings is 1. The minimum absolute atomic E-state index is 1.06. The molecule has 0 radical (unpaired) electrons. The SMILES string of the molecule is c1cn2ccsc2n1.c1cocn1. The maximum Gasteiger partial charge on any atom is 0.193 e. The van der Waals surface area contributed by atoms with Gasteiger partial charge < -0.3 is 4.42 Å². The van der Waals surface area contributed by atoms with E-state index < -0.39 is 0 Å². The summed E-state index contributed by atoms with van der Waals surface area (Å²) in [4.78, 5) is 8.68. The Morgan fingerprint density at radius 2 is 2.31 bits per heavy atom. The summed E-state index contributed by atoms with van der Waals surface area (Å²) in [6.07, 6.45) is 10.2. The Kier molecular flexibility index (Phi) is 2.38. The summed E-state index contributed by atoms with van der Waals surface area (Å²) in [5.41, 5.74) is 0. The molecule has 0 saturated heterocycles. The van der Waals surface area contributed by atoms with Crippen LogP contribution in [0.3, 0.4) is 0 Å². The fraction of sp³-hybridized carbons (Fsp3) is 0. The summed E-state index contributed by atoms with van der Waals surface area (Å²) in [6.45, 7) is 0. The highest BCUT2D eigenvalue weighted by molar-refractivity contribution is 7.15. The van der Waals surface area contributed by atoms with Crippen LogP contribution in [0, 0.1) is 0 Å². The molecule has 3 rings (SSSR count). The van der Waals surface area contributed by atoms with Crippen molar-refractivity contribution in [2.24, 2.45) is 0 Å². The molecule has 0 bridgehead atoms. The van der Waals surface area contributed by atoms with Crippen molar-refractivity contribution in [2.45, 2.75) is 0 Å². The predicted molar refractivity (Wildman–Crippen MR) is 49.6 cm³/mol. The van der Waals surface area contributed by atoms with Crippen molar-refractivity contribution in [3.63, 3.8) is 0 Å². The first kappa shape index (κ1) is 8.00. The van der Waals surface area contributed by atoms with Crippen molar-refractivity contribution in [2.75, 3.05) is 0 Å². The Bertz CT molecular complexity index is 374. The first-order valence-corrected chi connectivity index (χ1v) is 4.53. The van der Waals surface area contributed by atoms with Gasteiger partial charge in [-0.25, -0.2) is 9.97 Å². The molecule has 5 heteroatoms. The van der Waals surface area contributed by atoms with Crippen LogP contribution in [0.25, 0.3) is 4.96 Å². The third-order valence-corrected chi connectivity index (χ3v) is 2.16. The summed E-state index contributed by atoms with van der Waals surface area (Å²) < 4.78 is 6.46. The maximum absolute atomic E-state index is 4.47. The lowest BCUT2D eigenvalue weighted by atomic mass is 10.9. The number of hydrogen-bond acceptors (Lipinski definition) is 4. The van der Waals surface area contributed by atoms with Crippen LogP contribution in [0.2, 0.25) is 0 Å². The number of nitrogens with zero attached hydrogens (tertiary/aromatic N) is 3. The molecule has 0 aliphatic carbocycles. The smallest absolute Gasteiger partial charge is 0.193 e. The van der Waals surface area contributed by atoms with Gasteiger partial charge in [0.15, 0.2) is 11.4 Å². The number of hydrogen-bond donors (Lipinski definition) is 0. The van der Waals surface area contributed by atoms with Gasteiger partial charge in [-0.05, 0) is 0 Å². The molecular formula is C8H7N3OS. The van der Waals surface area contributed by atoms with Gasteiger partial charge in [0.1, 0.15) is 6.26 Å². The van der Waals surface area contributed by atoms with E-state index in [9.17, 15) is 0 Å². The average Bonchev–Trinajstić information content (AvgIpc) is 2.84. The third kappa shape index (κ3) is 1.94. The van der Waals surface area contributed by atoms with Crippen LogP contribution >= 0.6 is 11.3 Å². The summed E-state index contributed by atoms with van der Waals surface area (Å²) in [6, 6.07) is 0. The minimum Gasteiger partial charge on any atom is -0.452 e. The topological polar surface area (TPSA) is 43.3 Å². The highest BCUT2D eigenvalue weighted by atomic mass is 32.1. The van der Waals surface area contributed by atoms with Gasteiger partial charge in [-0.15, -0.1) is 11.3 Å². The molecule has 4 nitrogen and oxygen atoms in total. The lowest BCUT2D eigenvalue weighted by molar-refractivity contribution is 0.558. The highest BCUT2D eigenvalue weighted by Crippen LogP contribution is 2.06. The fourth-order valence-electron chi connectivity index (χ4n) is 0.837. The Hall–Kier alpha value is -1.62. The molecule has 66 valence electrons. The van der Waals surface area contributed by atoms with Crippen LogP contribution in [0.1, 0.15) is 0 Å². The molecule has 3 heterocycles. The number of rotatable bonds is 0. The summed E-state index contributed by atoms with van der Waals surface area (Å²) >= 11 is 1.65. The van der Waals surface area contributed by atoms with Crippen LogP contribution in [0.15, 0.2) is 47.2 Å². The van der Waals surface area contributed by atoms with Gasteiger partial charge in [0.25, 0.3) is 0 Å². The second-order valence-electron chi connectivity index (χ2n) is 2.20. The molecule has 3 aromatic heterocycles. The predicted octanol–water partition coefficient (Wildman–Crippen LogP) is 2.07. The maximum atomic E-state index is 4.47. The standard InChI is InChI=1S/C5H4N2S.C3H3NO/c1-2-7-3-4-8-5(7)6-1;1-2-5-3-4-1/h1-4H;1-3H. The molecule has 0 aliphatic rings. The summed E-state index contributed by atoms with van der Waals surface area (Å²) in [7, 11) is 0. The number of oxazole rings is 1. The van der Waals surface area contributed by atoms with E-state index in [2.05, 4.69) is 14.4 Å². The molecule has 0 aliphatic heterocycles. The zero-order valence-corrected chi connectivity index (χ0v) is 7.52. The fourth-order valence-corrected chi connectivity index (χ4v) is 1.52. The molecule has 0 atom stereocenters. The van der Waals surface area contributed by atoms with Crippen LogP contribution in [0.5, 0.6) is 0 Å². The second kappa shape index (κ2) is 3.86. The van der Waals surface area contributed by atoms with Gasteiger partial charge in [-0.3, -0.25) is 4.40 Å². The van der Waals surface area contributed by atoms with E-state index in [0.717, 1.165) is 4.96 Å². The molecule has 0 spiro atoms. The first-order valence-electron chi connectivity index (χ1n) is 3.65. The number of fused-ring (bicyclic) bond motifs is 1. The van der Waals surface area contributed by atoms with E-state index in [-0.39, 0.29) is 0 Å². The highest BCUT2D eigenvalue weighted by Gasteiger charge is 1.88. The molecule has 3 aromatic rings.